The Labute approximate surface area is 75.4 Å². The predicted molar refractivity (Wildman–Crippen MR) is 46.9 cm³/mol. The third-order valence-corrected chi connectivity index (χ3v) is 2.25. The van der Waals surface area contributed by atoms with Crippen LogP contribution >= 0.6 is 11.3 Å². The minimum Gasteiger partial charge on any atom is -0.458 e. The summed E-state index contributed by atoms with van der Waals surface area (Å²) in [7, 11) is 0. The van der Waals surface area contributed by atoms with E-state index in [-0.39, 0.29) is 5.97 Å². The van der Waals surface area contributed by atoms with Crippen molar-refractivity contribution >= 4 is 17.3 Å². The molecule has 4 heteroatoms. The second kappa shape index (κ2) is 4.21. The largest absolute Gasteiger partial charge is 0.458 e. The molecular weight excluding hydrogens is 174 g/mol. The first-order valence-corrected chi connectivity index (χ1v) is 4.67. The van der Waals surface area contributed by atoms with E-state index in [0.717, 1.165) is 10.7 Å². The van der Waals surface area contributed by atoms with Crippen LogP contribution in [-0.2, 0) is 16.1 Å². The second-order valence-corrected chi connectivity index (χ2v) is 3.34. The van der Waals surface area contributed by atoms with Crippen LogP contribution in [0.3, 0.4) is 0 Å². The van der Waals surface area contributed by atoms with Gasteiger partial charge in [0.25, 0.3) is 0 Å². The molecule has 66 valence electrons. The summed E-state index contributed by atoms with van der Waals surface area (Å²) in [5.74, 6) is -0.178. The lowest BCUT2D eigenvalue weighted by Crippen LogP contribution is -2.01. The minimum absolute atomic E-state index is 0.178. The molecule has 1 aromatic rings. The number of carbonyl (C=O) groups excluding carboxylic acids is 1. The van der Waals surface area contributed by atoms with E-state index >= 15 is 0 Å². The molecule has 0 atom stereocenters. The number of aryl methyl sites for hydroxylation is 1. The average Bonchev–Trinajstić information content (AvgIpc) is 2.47. The fourth-order valence-electron chi connectivity index (χ4n) is 0.713. The molecule has 0 aliphatic rings. The van der Waals surface area contributed by atoms with E-state index in [1.165, 1.54) is 11.3 Å². The zero-order valence-electron chi connectivity index (χ0n) is 7.16. The summed E-state index contributed by atoms with van der Waals surface area (Å²) in [6.07, 6.45) is 0.421. The average molecular weight is 185 g/mol. The molecule has 0 saturated heterocycles. The Morgan fingerprint density at radius 1 is 1.75 bits per heavy atom. The van der Waals surface area contributed by atoms with Gasteiger partial charge in [0.1, 0.15) is 11.6 Å². The third kappa shape index (κ3) is 2.62. The molecule has 0 aliphatic heterocycles. The molecule has 3 nitrogen and oxygen atoms in total. The fraction of sp³-hybridized carbons (Fsp3) is 0.500. The van der Waals surface area contributed by atoms with Crippen LogP contribution in [-0.4, -0.2) is 11.0 Å². The number of hydrogen-bond donors (Lipinski definition) is 0. The Balaban J connectivity index is 2.38. The van der Waals surface area contributed by atoms with Gasteiger partial charge in [-0.05, 0) is 6.92 Å². The second-order valence-electron chi connectivity index (χ2n) is 2.40. The van der Waals surface area contributed by atoms with Gasteiger partial charge in [-0.2, -0.15) is 0 Å². The third-order valence-electron chi connectivity index (χ3n) is 1.31. The smallest absolute Gasteiger partial charge is 0.305 e. The minimum atomic E-state index is -0.178. The van der Waals surface area contributed by atoms with Crippen LogP contribution < -0.4 is 0 Å². The molecule has 0 radical (unpaired) electrons. The predicted octanol–water partition coefficient (Wildman–Crippen LogP) is 1.90. The number of hydrogen-bond acceptors (Lipinski definition) is 4. The van der Waals surface area contributed by atoms with E-state index < -0.39 is 0 Å². The molecule has 0 bridgehead atoms. The van der Waals surface area contributed by atoms with Gasteiger partial charge in [0, 0.05) is 17.5 Å². The van der Waals surface area contributed by atoms with Crippen molar-refractivity contribution in [2.75, 3.05) is 0 Å². The van der Waals surface area contributed by atoms with Crippen LogP contribution in [0, 0.1) is 6.92 Å². The van der Waals surface area contributed by atoms with Gasteiger partial charge in [0.15, 0.2) is 0 Å². The van der Waals surface area contributed by atoms with E-state index in [4.69, 9.17) is 4.74 Å². The summed E-state index contributed by atoms with van der Waals surface area (Å²) < 4.78 is 4.90. The maximum absolute atomic E-state index is 10.7. The van der Waals surface area contributed by atoms with Gasteiger partial charge in [-0.3, -0.25) is 4.79 Å². The quantitative estimate of drug-likeness (QED) is 0.675. The normalized spacial score (nSPS) is 9.83. The van der Waals surface area contributed by atoms with Gasteiger partial charge in [-0.15, -0.1) is 11.3 Å². The molecule has 1 heterocycles. The molecule has 0 saturated carbocycles. The van der Waals surface area contributed by atoms with Crippen LogP contribution in [0.15, 0.2) is 5.38 Å². The highest BCUT2D eigenvalue weighted by Crippen LogP contribution is 2.09. The Bertz CT molecular complexity index is 270. The number of rotatable bonds is 3. The Morgan fingerprint density at radius 3 is 3.00 bits per heavy atom. The maximum atomic E-state index is 10.7. The fourth-order valence-corrected chi connectivity index (χ4v) is 1.40. The topological polar surface area (TPSA) is 39.2 Å². The summed E-state index contributed by atoms with van der Waals surface area (Å²) in [5, 5.41) is 2.80. The Kier molecular flexibility index (Phi) is 3.22. The molecule has 0 unspecified atom stereocenters. The van der Waals surface area contributed by atoms with Crippen LogP contribution in [0.1, 0.15) is 24.0 Å². The number of thiazole rings is 1. The van der Waals surface area contributed by atoms with Crippen LogP contribution in [0.2, 0.25) is 0 Å². The number of ether oxygens (including phenoxy) is 1. The monoisotopic (exact) mass is 185 g/mol. The summed E-state index contributed by atoms with van der Waals surface area (Å²) >= 11 is 1.51. The summed E-state index contributed by atoms with van der Waals surface area (Å²) in [6.45, 7) is 4.00. The number of nitrogens with zero attached hydrogens (tertiary/aromatic N) is 1. The highest BCUT2D eigenvalue weighted by atomic mass is 32.1. The van der Waals surface area contributed by atoms with Crippen LogP contribution in [0.25, 0.3) is 0 Å². The van der Waals surface area contributed by atoms with Crippen molar-refractivity contribution in [3.63, 3.8) is 0 Å². The van der Waals surface area contributed by atoms with Gasteiger partial charge in [-0.1, -0.05) is 6.92 Å². The van der Waals surface area contributed by atoms with Gasteiger partial charge >= 0.3 is 5.97 Å². The van der Waals surface area contributed by atoms with Crippen molar-refractivity contribution in [1.29, 1.82) is 0 Å². The van der Waals surface area contributed by atoms with Crippen molar-refractivity contribution in [3.05, 3.63) is 16.1 Å². The molecule has 0 aliphatic carbocycles. The first kappa shape index (κ1) is 9.19. The highest BCUT2D eigenvalue weighted by molar-refractivity contribution is 7.09. The van der Waals surface area contributed by atoms with Gasteiger partial charge in [0.05, 0.1) is 0 Å². The molecule has 0 aromatic carbocycles. The SMILES string of the molecule is CCC(=O)OCc1nc(C)cs1. The van der Waals surface area contributed by atoms with Crippen molar-refractivity contribution in [3.8, 4) is 0 Å². The molecular formula is C8H11NO2S. The van der Waals surface area contributed by atoms with Crippen molar-refractivity contribution < 1.29 is 9.53 Å². The van der Waals surface area contributed by atoms with E-state index in [1.807, 2.05) is 12.3 Å². The van der Waals surface area contributed by atoms with Crippen LogP contribution in [0.5, 0.6) is 0 Å². The van der Waals surface area contributed by atoms with Crippen LogP contribution in [0.4, 0.5) is 0 Å². The van der Waals surface area contributed by atoms with Gasteiger partial charge < -0.3 is 4.74 Å². The lowest BCUT2D eigenvalue weighted by Gasteiger charge is -1.98. The Morgan fingerprint density at radius 2 is 2.50 bits per heavy atom. The van der Waals surface area contributed by atoms with Gasteiger partial charge in [-0.25, -0.2) is 4.98 Å². The molecule has 0 amide bonds. The zero-order chi connectivity index (χ0) is 8.97. The molecule has 0 N–H and O–H groups in total. The summed E-state index contributed by atoms with van der Waals surface area (Å²) in [5.41, 5.74) is 0.975. The van der Waals surface area contributed by atoms with Crippen molar-refractivity contribution in [2.45, 2.75) is 26.9 Å². The van der Waals surface area contributed by atoms with Crippen molar-refractivity contribution in [2.24, 2.45) is 0 Å². The first-order valence-electron chi connectivity index (χ1n) is 3.79. The maximum Gasteiger partial charge on any atom is 0.305 e. The number of esters is 1. The summed E-state index contributed by atoms with van der Waals surface area (Å²) in [4.78, 5) is 14.9. The molecule has 0 fully saturated rings. The van der Waals surface area contributed by atoms with Gasteiger partial charge in [0.2, 0.25) is 0 Å². The lowest BCUT2D eigenvalue weighted by molar-refractivity contribution is -0.144. The zero-order valence-corrected chi connectivity index (χ0v) is 7.98. The molecule has 1 aromatic heterocycles. The highest BCUT2D eigenvalue weighted by Gasteiger charge is 2.02. The summed E-state index contributed by atoms with van der Waals surface area (Å²) in [6, 6.07) is 0. The van der Waals surface area contributed by atoms with E-state index in [1.54, 1.807) is 6.92 Å². The number of carbonyl (C=O) groups is 1. The first-order chi connectivity index (χ1) is 5.72. The lowest BCUT2D eigenvalue weighted by atomic mass is 10.5. The standard InChI is InChI=1S/C8H11NO2S/c1-3-8(10)11-4-7-9-6(2)5-12-7/h5H,3-4H2,1-2H3. The molecule has 0 spiro atoms. The molecule has 12 heavy (non-hydrogen) atoms. The van der Waals surface area contributed by atoms with E-state index in [9.17, 15) is 4.79 Å². The van der Waals surface area contributed by atoms with E-state index in [2.05, 4.69) is 4.98 Å². The van der Waals surface area contributed by atoms with Crippen molar-refractivity contribution in [1.82, 2.24) is 4.98 Å². The molecule has 1 rings (SSSR count). The Hall–Kier alpha value is -0.900. The number of aromatic nitrogens is 1. The van der Waals surface area contributed by atoms with E-state index in [0.29, 0.717) is 13.0 Å².